The molecule has 0 N–H and O–H groups in total. The third-order valence-corrected chi connectivity index (χ3v) is 5.87. The van der Waals surface area contributed by atoms with Crippen molar-refractivity contribution in [3.05, 3.63) is 103 Å². The number of imidazole rings is 1. The molecule has 2 aromatic heterocycles. The van der Waals surface area contributed by atoms with Gasteiger partial charge in [-0.1, -0.05) is 78.9 Å². The molecule has 148 valence electrons. The number of aromatic nitrogens is 2. The van der Waals surface area contributed by atoms with Gasteiger partial charge in [0.1, 0.15) is 11.4 Å². The van der Waals surface area contributed by atoms with E-state index in [1.54, 1.807) is 7.11 Å². The van der Waals surface area contributed by atoms with E-state index >= 15 is 0 Å². The lowest BCUT2D eigenvalue weighted by atomic mass is 10.0. The normalized spacial score (nSPS) is 11.4. The van der Waals surface area contributed by atoms with Crippen molar-refractivity contribution in [1.82, 2.24) is 9.38 Å². The van der Waals surface area contributed by atoms with E-state index in [0.29, 0.717) is 0 Å². The van der Waals surface area contributed by atoms with Crippen LogP contribution >= 0.6 is 0 Å². The highest BCUT2D eigenvalue weighted by molar-refractivity contribution is 6.13. The van der Waals surface area contributed by atoms with Gasteiger partial charge in [0, 0.05) is 21.9 Å². The van der Waals surface area contributed by atoms with Crippen LogP contribution in [0.2, 0.25) is 0 Å². The molecular formula is C28H20N2O. The van der Waals surface area contributed by atoms with Crippen molar-refractivity contribution in [3.8, 4) is 28.3 Å². The highest BCUT2D eigenvalue weighted by atomic mass is 16.5. The first-order chi connectivity index (χ1) is 15.3. The summed E-state index contributed by atoms with van der Waals surface area (Å²) in [6, 6.07) is 35.7. The van der Waals surface area contributed by atoms with E-state index in [9.17, 15) is 0 Å². The average molecular weight is 400 g/mol. The highest BCUT2D eigenvalue weighted by Crippen LogP contribution is 2.39. The summed E-state index contributed by atoms with van der Waals surface area (Å²) in [6.07, 6.45) is 0. The monoisotopic (exact) mass is 400 g/mol. The van der Waals surface area contributed by atoms with Crippen LogP contribution in [-0.2, 0) is 0 Å². The number of ether oxygens (including phenoxy) is 1. The molecular weight excluding hydrogens is 380 g/mol. The number of rotatable bonds is 3. The molecule has 0 radical (unpaired) electrons. The van der Waals surface area contributed by atoms with Gasteiger partial charge >= 0.3 is 0 Å². The average Bonchev–Trinajstić information content (AvgIpc) is 3.26. The van der Waals surface area contributed by atoms with E-state index in [-0.39, 0.29) is 0 Å². The van der Waals surface area contributed by atoms with Gasteiger partial charge in [-0.15, -0.1) is 0 Å². The molecule has 0 saturated heterocycles. The molecule has 0 unspecified atom stereocenters. The zero-order chi connectivity index (χ0) is 20.8. The Balaban J connectivity index is 1.88. The largest absolute Gasteiger partial charge is 0.497 e. The van der Waals surface area contributed by atoms with Crippen LogP contribution in [0.15, 0.2) is 103 Å². The Bertz CT molecular complexity index is 1550. The lowest BCUT2D eigenvalue weighted by Crippen LogP contribution is -1.94. The third kappa shape index (κ3) is 2.71. The minimum absolute atomic E-state index is 0.829. The highest BCUT2D eigenvalue weighted by Gasteiger charge is 2.20. The standard InChI is InChI=1S/C28H20N2O/c1-31-21-16-17-22-23-14-8-9-15-25(23)30-27(20-12-6-3-7-13-20)26(19-10-4-2-5-11-19)29-28(30)24(22)18-21/h2-18H,1H3. The van der Waals surface area contributed by atoms with Crippen LogP contribution in [0.25, 0.3) is 49.8 Å². The minimum Gasteiger partial charge on any atom is -0.497 e. The van der Waals surface area contributed by atoms with Crippen molar-refractivity contribution < 1.29 is 4.74 Å². The Hall–Kier alpha value is -4.11. The van der Waals surface area contributed by atoms with Gasteiger partial charge in [0.05, 0.1) is 24.0 Å². The number of pyridine rings is 1. The van der Waals surface area contributed by atoms with Crippen LogP contribution < -0.4 is 4.74 Å². The van der Waals surface area contributed by atoms with Crippen LogP contribution in [0.3, 0.4) is 0 Å². The van der Waals surface area contributed by atoms with Crippen molar-refractivity contribution in [2.45, 2.75) is 0 Å². The lowest BCUT2D eigenvalue weighted by molar-refractivity contribution is 0.415. The Kier molecular flexibility index (Phi) is 4.00. The topological polar surface area (TPSA) is 26.5 Å². The van der Waals surface area contributed by atoms with Crippen molar-refractivity contribution in [2.75, 3.05) is 7.11 Å². The molecule has 0 amide bonds. The zero-order valence-corrected chi connectivity index (χ0v) is 17.1. The second-order valence-electron chi connectivity index (χ2n) is 7.63. The van der Waals surface area contributed by atoms with Gasteiger partial charge < -0.3 is 4.74 Å². The SMILES string of the molecule is COc1ccc2c3ccccc3n3c(-c4ccccc4)c(-c4ccccc4)nc3c2c1. The predicted molar refractivity (Wildman–Crippen MR) is 128 cm³/mol. The van der Waals surface area contributed by atoms with Crippen LogP contribution in [0.1, 0.15) is 0 Å². The molecule has 3 nitrogen and oxygen atoms in total. The number of methoxy groups -OCH3 is 1. The maximum atomic E-state index is 5.55. The molecule has 0 spiro atoms. The van der Waals surface area contributed by atoms with Crippen LogP contribution in [0.4, 0.5) is 0 Å². The van der Waals surface area contributed by atoms with Crippen LogP contribution in [0, 0.1) is 0 Å². The molecule has 0 fully saturated rings. The molecule has 3 heteroatoms. The summed E-state index contributed by atoms with van der Waals surface area (Å²) < 4.78 is 7.85. The third-order valence-electron chi connectivity index (χ3n) is 5.87. The maximum Gasteiger partial charge on any atom is 0.146 e. The van der Waals surface area contributed by atoms with Gasteiger partial charge in [-0.05, 0) is 29.7 Å². The fraction of sp³-hybridized carbons (Fsp3) is 0.0357. The Morgan fingerprint density at radius 3 is 2.06 bits per heavy atom. The lowest BCUT2D eigenvalue weighted by Gasteiger charge is -2.12. The zero-order valence-electron chi connectivity index (χ0n) is 17.1. The van der Waals surface area contributed by atoms with Gasteiger partial charge in [-0.25, -0.2) is 4.98 Å². The van der Waals surface area contributed by atoms with Crippen molar-refractivity contribution in [3.63, 3.8) is 0 Å². The van der Waals surface area contributed by atoms with E-state index in [4.69, 9.17) is 9.72 Å². The van der Waals surface area contributed by atoms with Crippen molar-refractivity contribution in [2.24, 2.45) is 0 Å². The van der Waals surface area contributed by atoms with Crippen LogP contribution in [0.5, 0.6) is 5.75 Å². The molecule has 4 aromatic carbocycles. The van der Waals surface area contributed by atoms with E-state index in [2.05, 4.69) is 89.3 Å². The van der Waals surface area contributed by atoms with Gasteiger partial charge in [0.2, 0.25) is 0 Å². The molecule has 0 aliphatic heterocycles. The molecule has 0 aliphatic carbocycles. The molecule has 2 heterocycles. The Labute approximate surface area is 180 Å². The molecule has 6 aromatic rings. The summed E-state index contributed by atoms with van der Waals surface area (Å²) in [5, 5.41) is 3.45. The molecule has 31 heavy (non-hydrogen) atoms. The summed E-state index contributed by atoms with van der Waals surface area (Å²) in [5.74, 6) is 0.829. The van der Waals surface area contributed by atoms with Gasteiger partial charge in [0.15, 0.2) is 0 Å². The molecule has 0 atom stereocenters. The summed E-state index contributed by atoms with van der Waals surface area (Å²) in [5.41, 5.74) is 6.40. The number of fused-ring (bicyclic) bond motifs is 6. The van der Waals surface area contributed by atoms with Gasteiger partial charge in [-0.3, -0.25) is 4.40 Å². The number of para-hydroxylation sites is 1. The quantitative estimate of drug-likeness (QED) is 0.300. The summed E-state index contributed by atoms with van der Waals surface area (Å²) in [4.78, 5) is 5.22. The number of hydrogen-bond donors (Lipinski definition) is 0. The number of nitrogens with zero attached hydrogens (tertiary/aromatic N) is 2. The van der Waals surface area contributed by atoms with Gasteiger partial charge in [0.25, 0.3) is 0 Å². The Morgan fingerprint density at radius 1 is 0.645 bits per heavy atom. The first-order valence-corrected chi connectivity index (χ1v) is 10.4. The minimum atomic E-state index is 0.829. The second-order valence-corrected chi connectivity index (χ2v) is 7.63. The molecule has 6 rings (SSSR count). The van der Waals surface area contributed by atoms with E-state index < -0.39 is 0 Å². The molecule has 0 aliphatic rings. The summed E-state index contributed by atoms with van der Waals surface area (Å²) in [7, 11) is 1.70. The van der Waals surface area contributed by atoms with Crippen molar-refractivity contribution in [1.29, 1.82) is 0 Å². The first kappa shape index (κ1) is 17.7. The smallest absolute Gasteiger partial charge is 0.146 e. The van der Waals surface area contributed by atoms with Crippen LogP contribution in [-0.4, -0.2) is 16.5 Å². The van der Waals surface area contributed by atoms with Gasteiger partial charge in [-0.2, -0.15) is 0 Å². The summed E-state index contributed by atoms with van der Waals surface area (Å²) in [6.45, 7) is 0. The van der Waals surface area contributed by atoms with E-state index in [0.717, 1.165) is 44.8 Å². The molecule has 0 saturated carbocycles. The second kappa shape index (κ2) is 6.99. The number of benzene rings is 4. The predicted octanol–water partition coefficient (Wildman–Crippen LogP) is 6.98. The maximum absolute atomic E-state index is 5.55. The fourth-order valence-electron chi connectivity index (χ4n) is 4.46. The summed E-state index contributed by atoms with van der Waals surface area (Å²) >= 11 is 0. The fourth-order valence-corrected chi connectivity index (χ4v) is 4.46. The Morgan fingerprint density at radius 2 is 1.32 bits per heavy atom. The van der Waals surface area contributed by atoms with E-state index in [1.165, 1.54) is 10.8 Å². The first-order valence-electron chi connectivity index (χ1n) is 10.4. The van der Waals surface area contributed by atoms with Crippen molar-refractivity contribution >= 4 is 27.3 Å². The molecule has 0 bridgehead atoms. The number of hydrogen-bond acceptors (Lipinski definition) is 2. The van der Waals surface area contributed by atoms with E-state index in [1.807, 2.05) is 18.2 Å².